The minimum atomic E-state index is -0.172. The molecule has 1 saturated heterocycles. The number of β-lactam (4-membered cyclic amide) rings is 1. The van der Waals surface area contributed by atoms with E-state index in [1.54, 1.807) is 0 Å². The maximum Gasteiger partial charge on any atom is 0.228 e. The van der Waals surface area contributed by atoms with Crippen molar-refractivity contribution in [3.05, 3.63) is 12.7 Å². The topological polar surface area (TPSA) is 29.1 Å². The molecule has 2 heteroatoms. The number of hydrogen-bond donors (Lipinski definition) is 1. The van der Waals surface area contributed by atoms with E-state index in [1.165, 1.54) is 0 Å². The van der Waals surface area contributed by atoms with E-state index in [4.69, 9.17) is 0 Å². The highest BCUT2D eigenvalue weighted by molar-refractivity contribution is 5.89. The molecule has 0 aromatic rings. The Balaban J connectivity index is 2.54. The van der Waals surface area contributed by atoms with E-state index in [0.29, 0.717) is 6.04 Å². The maximum atomic E-state index is 10.9. The second-order valence-electron chi connectivity index (χ2n) is 3.27. The van der Waals surface area contributed by atoms with Crippen LogP contribution in [0.2, 0.25) is 0 Å². The molecular weight excluding hydrogens is 126 g/mol. The Morgan fingerprint density at radius 3 is 2.70 bits per heavy atom. The average Bonchev–Trinajstić information content (AvgIpc) is 1.88. The highest BCUT2D eigenvalue weighted by Crippen LogP contribution is 2.31. The lowest BCUT2D eigenvalue weighted by Gasteiger charge is -2.43. The number of rotatable bonds is 2. The summed E-state index contributed by atoms with van der Waals surface area (Å²) in [5.74, 6) is 0.152. The lowest BCUT2D eigenvalue weighted by Crippen LogP contribution is -2.63. The highest BCUT2D eigenvalue weighted by Gasteiger charge is 2.45. The van der Waals surface area contributed by atoms with Gasteiger partial charge in [0.1, 0.15) is 0 Å². The molecule has 0 spiro atoms. The van der Waals surface area contributed by atoms with Crippen LogP contribution in [-0.4, -0.2) is 11.9 Å². The van der Waals surface area contributed by atoms with Crippen molar-refractivity contribution in [3.63, 3.8) is 0 Å². The molecule has 1 heterocycles. The molecule has 0 radical (unpaired) electrons. The van der Waals surface area contributed by atoms with Crippen molar-refractivity contribution < 1.29 is 4.79 Å². The Hall–Kier alpha value is -0.790. The lowest BCUT2D eigenvalue weighted by atomic mass is 9.75. The summed E-state index contributed by atoms with van der Waals surface area (Å²) >= 11 is 0. The molecule has 1 aliphatic rings. The van der Waals surface area contributed by atoms with Gasteiger partial charge in [0.2, 0.25) is 5.91 Å². The van der Waals surface area contributed by atoms with Crippen molar-refractivity contribution in [2.75, 3.05) is 0 Å². The van der Waals surface area contributed by atoms with Crippen molar-refractivity contribution in [1.29, 1.82) is 0 Å². The Labute approximate surface area is 61.3 Å². The predicted octanol–water partition coefficient (Wildman–Crippen LogP) is 1.09. The van der Waals surface area contributed by atoms with Crippen LogP contribution < -0.4 is 5.32 Å². The van der Waals surface area contributed by atoms with Gasteiger partial charge in [-0.2, -0.15) is 0 Å². The van der Waals surface area contributed by atoms with Crippen LogP contribution in [0, 0.1) is 5.41 Å². The largest absolute Gasteiger partial charge is 0.351 e. The first kappa shape index (κ1) is 7.32. The van der Waals surface area contributed by atoms with Crippen molar-refractivity contribution >= 4 is 5.91 Å². The van der Waals surface area contributed by atoms with Crippen LogP contribution >= 0.6 is 0 Å². The SMILES string of the molecule is C=CCC1NC(=O)C1(C)C. The number of hydrogen-bond acceptors (Lipinski definition) is 1. The molecule has 1 aliphatic heterocycles. The Bertz CT molecular complexity index is 170. The Kier molecular flexibility index (Phi) is 1.55. The van der Waals surface area contributed by atoms with E-state index in [0.717, 1.165) is 6.42 Å². The zero-order chi connectivity index (χ0) is 7.78. The third-order valence-electron chi connectivity index (χ3n) is 2.16. The molecule has 1 unspecified atom stereocenters. The van der Waals surface area contributed by atoms with Crippen LogP contribution in [0.5, 0.6) is 0 Å². The van der Waals surface area contributed by atoms with E-state index >= 15 is 0 Å². The van der Waals surface area contributed by atoms with Gasteiger partial charge < -0.3 is 5.32 Å². The molecule has 0 saturated carbocycles. The highest BCUT2D eigenvalue weighted by atomic mass is 16.2. The number of nitrogens with one attached hydrogen (secondary N) is 1. The smallest absolute Gasteiger partial charge is 0.228 e. The fourth-order valence-corrected chi connectivity index (χ4v) is 1.13. The average molecular weight is 139 g/mol. The normalized spacial score (nSPS) is 28.6. The fourth-order valence-electron chi connectivity index (χ4n) is 1.13. The summed E-state index contributed by atoms with van der Waals surface area (Å²) in [7, 11) is 0. The van der Waals surface area contributed by atoms with E-state index in [9.17, 15) is 4.79 Å². The maximum absolute atomic E-state index is 10.9. The van der Waals surface area contributed by atoms with Crippen molar-refractivity contribution in [1.82, 2.24) is 5.32 Å². The zero-order valence-electron chi connectivity index (χ0n) is 6.48. The predicted molar refractivity (Wildman–Crippen MR) is 40.5 cm³/mol. The summed E-state index contributed by atoms with van der Waals surface area (Å²) in [5.41, 5.74) is -0.172. The van der Waals surface area contributed by atoms with E-state index < -0.39 is 0 Å². The fraction of sp³-hybridized carbons (Fsp3) is 0.625. The van der Waals surface area contributed by atoms with Gasteiger partial charge in [0, 0.05) is 6.04 Å². The second kappa shape index (κ2) is 2.11. The Morgan fingerprint density at radius 1 is 1.80 bits per heavy atom. The number of carbonyl (C=O) groups is 1. The molecule has 1 N–H and O–H groups in total. The van der Waals surface area contributed by atoms with Crippen LogP contribution in [0.25, 0.3) is 0 Å². The van der Waals surface area contributed by atoms with E-state index in [1.807, 2.05) is 19.9 Å². The molecule has 10 heavy (non-hydrogen) atoms. The molecule has 0 aromatic heterocycles. The van der Waals surface area contributed by atoms with Gasteiger partial charge in [-0.15, -0.1) is 6.58 Å². The van der Waals surface area contributed by atoms with E-state index in [-0.39, 0.29) is 11.3 Å². The zero-order valence-corrected chi connectivity index (χ0v) is 6.48. The summed E-state index contributed by atoms with van der Waals surface area (Å²) in [6, 6.07) is 0.303. The monoisotopic (exact) mass is 139 g/mol. The molecule has 1 fully saturated rings. The molecular formula is C8H13NO. The summed E-state index contributed by atoms with van der Waals surface area (Å²) in [6.07, 6.45) is 2.71. The van der Waals surface area contributed by atoms with Crippen molar-refractivity contribution in [2.45, 2.75) is 26.3 Å². The first-order valence-corrected chi connectivity index (χ1v) is 3.51. The molecule has 1 rings (SSSR count). The quantitative estimate of drug-likeness (QED) is 0.450. The first-order valence-electron chi connectivity index (χ1n) is 3.51. The van der Waals surface area contributed by atoms with Gasteiger partial charge in [0.15, 0.2) is 0 Å². The van der Waals surface area contributed by atoms with Gasteiger partial charge in [0.05, 0.1) is 5.41 Å². The minimum Gasteiger partial charge on any atom is -0.351 e. The lowest BCUT2D eigenvalue weighted by molar-refractivity contribution is -0.142. The van der Waals surface area contributed by atoms with Crippen LogP contribution in [0.4, 0.5) is 0 Å². The summed E-state index contributed by atoms with van der Waals surface area (Å²) < 4.78 is 0. The van der Waals surface area contributed by atoms with Gasteiger partial charge in [-0.1, -0.05) is 6.08 Å². The summed E-state index contributed by atoms with van der Waals surface area (Å²) in [5, 5.41) is 2.82. The van der Waals surface area contributed by atoms with Gasteiger partial charge in [-0.05, 0) is 20.3 Å². The molecule has 0 bridgehead atoms. The molecule has 0 aliphatic carbocycles. The van der Waals surface area contributed by atoms with Gasteiger partial charge >= 0.3 is 0 Å². The van der Waals surface area contributed by atoms with Crippen LogP contribution in [0.1, 0.15) is 20.3 Å². The first-order chi connectivity index (χ1) is 4.59. The second-order valence-corrected chi connectivity index (χ2v) is 3.27. The van der Waals surface area contributed by atoms with E-state index in [2.05, 4.69) is 11.9 Å². The molecule has 1 atom stereocenters. The summed E-state index contributed by atoms with van der Waals surface area (Å²) in [4.78, 5) is 10.9. The minimum absolute atomic E-state index is 0.152. The third kappa shape index (κ3) is 0.838. The van der Waals surface area contributed by atoms with Gasteiger partial charge in [-0.3, -0.25) is 4.79 Å². The molecule has 1 amide bonds. The third-order valence-corrected chi connectivity index (χ3v) is 2.16. The van der Waals surface area contributed by atoms with Crippen LogP contribution in [-0.2, 0) is 4.79 Å². The van der Waals surface area contributed by atoms with Crippen molar-refractivity contribution in [3.8, 4) is 0 Å². The Morgan fingerprint density at radius 2 is 2.40 bits per heavy atom. The summed E-state index contributed by atoms with van der Waals surface area (Å²) in [6.45, 7) is 7.54. The molecule has 56 valence electrons. The number of carbonyl (C=O) groups excluding carboxylic acids is 1. The standard InChI is InChI=1S/C8H13NO/c1-4-5-6-8(2,3)7(10)9-6/h4,6H,1,5H2,2-3H3,(H,9,10). The van der Waals surface area contributed by atoms with Crippen LogP contribution in [0.3, 0.4) is 0 Å². The van der Waals surface area contributed by atoms with Crippen LogP contribution in [0.15, 0.2) is 12.7 Å². The van der Waals surface area contributed by atoms with Crippen molar-refractivity contribution in [2.24, 2.45) is 5.41 Å². The number of amides is 1. The van der Waals surface area contributed by atoms with Gasteiger partial charge in [-0.25, -0.2) is 0 Å². The van der Waals surface area contributed by atoms with Gasteiger partial charge in [0.25, 0.3) is 0 Å². The molecule has 0 aromatic carbocycles. The molecule has 2 nitrogen and oxygen atoms in total.